The Morgan fingerprint density at radius 1 is 1.39 bits per heavy atom. The van der Waals surface area contributed by atoms with Crippen molar-refractivity contribution in [2.45, 2.75) is 25.8 Å². The number of halogens is 2. The normalized spacial score (nSPS) is 21.8. The highest BCUT2D eigenvalue weighted by Gasteiger charge is 2.14. The maximum atomic E-state index is 6.19. The van der Waals surface area contributed by atoms with Gasteiger partial charge in [0.1, 0.15) is 0 Å². The van der Waals surface area contributed by atoms with Crippen LogP contribution >= 0.6 is 23.2 Å². The zero-order valence-electron chi connectivity index (χ0n) is 10.8. The highest BCUT2D eigenvalue weighted by Crippen LogP contribution is 2.21. The van der Waals surface area contributed by atoms with Crippen LogP contribution in [-0.2, 0) is 6.42 Å². The van der Waals surface area contributed by atoms with Crippen LogP contribution in [0.4, 0.5) is 0 Å². The van der Waals surface area contributed by atoms with Crippen molar-refractivity contribution in [1.29, 1.82) is 0 Å². The lowest BCUT2D eigenvalue weighted by Gasteiger charge is -2.22. The Labute approximate surface area is 119 Å². The van der Waals surface area contributed by atoms with E-state index in [1.54, 1.807) is 0 Å². The van der Waals surface area contributed by atoms with Crippen molar-refractivity contribution in [2.24, 2.45) is 0 Å². The van der Waals surface area contributed by atoms with E-state index < -0.39 is 0 Å². The van der Waals surface area contributed by atoms with Gasteiger partial charge in [0.05, 0.1) is 0 Å². The predicted molar refractivity (Wildman–Crippen MR) is 78.7 cm³/mol. The van der Waals surface area contributed by atoms with Gasteiger partial charge < -0.3 is 10.2 Å². The zero-order valence-corrected chi connectivity index (χ0v) is 12.3. The third-order valence-corrected chi connectivity index (χ3v) is 3.98. The Kier molecular flexibility index (Phi) is 5.31. The Morgan fingerprint density at radius 2 is 2.22 bits per heavy atom. The van der Waals surface area contributed by atoms with E-state index in [0.717, 1.165) is 31.1 Å². The second kappa shape index (κ2) is 6.76. The molecule has 100 valence electrons. The van der Waals surface area contributed by atoms with E-state index in [4.69, 9.17) is 23.2 Å². The van der Waals surface area contributed by atoms with E-state index in [0.29, 0.717) is 11.1 Å². The molecule has 2 nitrogen and oxygen atoms in total. The van der Waals surface area contributed by atoms with Crippen LogP contribution in [0.15, 0.2) is 18.2 Å². The molecule has 1 aromatic carbocycles. The van der Waals surface area contributed by atoms with Gasteiger partial charge in [-0.05, 0) is 50.6 Å². The average Bonchev–Trinajstić information content (AvgIpc) is 2.52. The summed E-state index contributed by atoms with van der Waals surface area (Å²) in [4.78, 5) is 2.51. The Hall–Kier alpha value is -0.280. The van der Waals surface area contributed by atoms with E-state index in [1.807, 2.05) is 18.2 Å². The molecule has 0 amide bonds. The smallest absolute Gasteiger partial charge is 0.0453 e. The molecule has 0 aliphatic carbocycles. The molecule has 2 rings (SSSR count). The first-order chi connectivity index (χ1) is 8.65. The molecule has 0 radical (unpaired) electrons. The molecule has 1 fully saturated rings. The third kappa shape index (κ3) is 4.13. The lowest BCUT2D eigenvalue weighted by molar-refractivity contribution is 0.276. The minimum absolute atomic E-state index is 0.577. The van der Waals surface area contributed by atoms with Crippen molar-refractivity contribution in [3.63, 3.8) is 0 Å². The van der Waals surface area contributed by atoms with Gasteiger partial charge in [-0.2, -0.15) is 0 Å². The van der Waals surface area contributed by atoms with E-state index >= 15 is 0 Å². The number of benzene rings is 1. The molecule has 1 atom stereocenters. The molecule has 1 aliphatic heterocycles. The Balaban J connectivity index is 1.90. The predicted octanol–water partition coefficient (Wildman–Crippen LogP) is 3.22. The summed E-state index contributed by atoms with van der Waals surface area (Å²) in [6.07, 6.45) is 2.21. The summed E-state index contributed by atoms with van der Waals surface area (Å²) >= 11 is 12.1. The summed E-state index contributed by atoms with van der Waals surface area (Å²) < 4.78 is 0. The lowest BCUT2D eigenvalue weighted by atomic mass is 10.1. The summed E-state index contributed by atoms with van der Waals surface area (Å²) in [5.74, 6) is 0. The van der Waals surface area contributed by atoms with Gasteiger partial charge in [0.25, 0.3) is 0 Å². The summed E-state index contributed by atoms with van der Waals surface area (Å²) in [5, 5.41) is 4.99. The van der Waals surface area contributed by atoms with Crippen molar-refractivity contribution >= 4 is 23.2 Å². The van der Waals surface area contributed by atoms with Crippen LogP contribution in [0.2, 0.25) is 10.0 Å². The van der Waals surface area contributed by atoms with Crippen molar-refractivity contribution in [1.82, 2.24) is 10.2 Å². The first kappa shape index (κ1) is 14.1. The number of nitrogens with zero attached hydrogens (tertiary/aromatic N) is 1. The van der Waals surface area contributed by atoms with Gasteiger partial charge in [0.2, 0.25) is 0 Å². The quantitative estimate of drug-likeness (QED) is 0.918. The standard InChI is InChI=1S/C14H20Cl2N2/c1-11-10-18(7-2-6-17-11)8-5-12-3-4-13(15)9-14(12)16/h3-4,9,11,17H,2,5-8,10H2,1H3. The van der Waals surface area contributed by atoms with E-state index in [1.165, 1.54) is 18.5 Å². The second-order valence-corrected chi connectivity index (χ2v) is 5.84. The maximum Gasteiger partial charge on any atom is 0.0453 e. The summed E-state index contributed by atoms with van der Waals surface area (Å²) in [6, 6.07) is 6.35. The molecule has 1 unspecified atom stereocenters. The van der Waals surface area contributed by atoms with Gasteiger partial charge in [-0.1, -0.05) is 29.3 Å². The number of nitrogens with one attached hydrogen (secondary N) is 1. The molecule has 1 aliphatic rings. The number of hydrogen-bond acceptors (Lipinski definition) is 2. The molecule has 1 saturated heterocycles. The van der Waals surface area contributed by atoms with Crippen LogP contribution in [0.5, 0.6) is 0 Å². The molecule has 1 aromatic rings. The van der Waals surface area contributed by atoms with E-state index in [9.17, 15) is 0 Å². The van der Waals surface area contributed by atoms with Gasteiger partial charge in [-0.25, -0.2) is 0 Å². The average molecular weight is 287 g/mol. The molecule has 0 saturated carbocycles. The molecular formula is C14H20Cl2N2. The fourth-order valence-electron chi connectivity index (χ4n) is 2.40. The van der Waals surface area contributed by atoms with Gasteiger partial charge in [-0.3, -0.25) is 0 Å². The van der Waals surface area contributed by atoms with Crippen molar-refractivity contribution in [2.75, 3.05) is 26.2 Å². The van der Waals surface area contributed by atoms with Crippen molar-refractivity contribution in [3.8, 4) is 0 Å². The highest BCUT2D eigenvalue weighted by molar-refractivity contribution is 6.35. The third-order valence-electron chi connectivity index (χ3n) is 3.39. The Bertz CT molecular complexity index is 395. The first-order valence-corrected chi connectivity index (χ1v) is 7.30. The van der Waals surface area contributed by atoms with Crippen LogP contribution in [0.1, 0.15) is 18.9 Å². The van der Waals surface area contributed by atoms with Gasteiger partial charge >= 0.3 is 0 Å². The van der Waals surface area contributed by atoms with E-state index in [-0.39, 0.29) is 0 Å². The molecule has 0 spiro atoms. The van der Waals surface area contributed by atoms with E-state index in [2.05, 4.69) is 17.1 Å². The van der Waals surface area contributed by atoms with Gasteiger partial charge in [0, 0.05) is 29.2 Å². The fourth-order valence-corrected chi connectivity index (χ4v) is 2.90. The molecule has 1 N–H and O–H groups in total. The first-order valence-electron chi connectivity index (χ1n) is 6.55. The van der Waals surface area contributed by atoms with Crippen LogP contribution in [0.3, 0.4) is 0 Å². The molecule has 1 heterocycles. The number of rotatable bonds is 3. The van der Waals surface area contributed by atoms with Crippen LogP contribution in [-0.4, -0.2) is 37.1 Å². The largest absolute Gasteiger partial charge is 0.313 e. The molecular weight excluding hydrogens is 267 g/mol. The highest BCUT2D eigenvalue weighted by atomic mass is 35.5. The Morgan fingerprint density at radius 3 is 3.00 bits per heavy atom. The van der Waals surface area contributed by atoms with Crippen LogP contribution < -0.4 is 5.32 Å². The molecule has 18 heavy (non-hydrogen) atoms. The fraction of sp³-hybridized carbons (Fsp3) is 0.571. The van der Waals surface area contributed by atoms with Crippen molar-refractivity contribution in [3.05, 3.63) is 33.8 Å². The molecule has 0 bridgehead atoms. The van der Waals surface area contributed by atoms with Gasteiger partial charge in [0.15, 0.2) is 0 Å². The maximum absolute atomic E-state index is 6.19. The lowest BCUT2D eigenvalue weighted by Crippen LogP contribution is -2.36. The second-order valence-electron chi connectivity index (χ2n) is 5.00. The minimum atomic E-state index is 0.577. The summed E-state index contributed by atoms with van der Waals surface area (Å²) in [6.45, 7) is 6.72. The van der Waals surface area contributed by atoms with Crippen LogP contribution in [0, 0.1) is 0 Å². The summed E-state index contributed by atoms with van der Waals surface area (Å²) in [7, 11) is 0. The number of hydrogen-bond donors (Lipinski definition) is 1. The SMILES string of the molecule is CC1CN(CCc2ccc(Cl)cc2Cl)CCCN1. The van der Waals surface area contributed by atoms with Gasteiger partial charge in [-0.15, -0.1) is 0 Å². The van der Waals surface area contributed by atoms with Crippen molar-refractivity contribution < 1.29 is 0 Å². The summed E-state index contributed by atoms with van der Waals surface area (Å²) in [5.41, 5.74) is 1.19. The van der Waals surface area contributed by atoms with Crippen LogP contribution in [0.25, 0.3) is 0 Å². The molecule has 4 heteroatoms. The zero-order chi connectivity index (χ0) is 13.0. The monoisotopic (exact) mass is 286 g/mol. The topological polar surface area (TPSA) is 15.3 Å². The minimum Gasteiger partial charge on any atom is -0.313 e. The molecule has 0 aromatic heterocycles.